The molecule has 124 valence electrons. The Bertz CT molecular complexity index is 608. The van der Waals surface area contributed by atoms with Crippen molar-refractivity contribution in [1.82, 2.24) is 15.1 Å². The molecule has 0 saturated heterocycles. The highest BCUT2D eigenvalue weighted by atomic mass is 16.5. The molecule has 1 aliphatic carbocycles. The van der Waals surface area contributed by atoms with E-state index in [-0.39, 0.29) is 6.10 Å². The van der Waals surface area contributed by atoms with Gasteiger partial charge in [0.2, 0.25) is 0 Å². The Kier molecular flexibility index (Phi) is 5.47. The van der Waals surface area contributed by atoms with Crippen molar-refractivity contribution >= 4 is 0 Å². The number of fused-ring (bicyclic) bond motifs is 1. The number of aromatic nitrogens is 2. The van der Waals surface area contributed by atoms with Crippen LogP contribution in [0.25, 0.3) is 0 Å². The topological polar surface area (TPSA) is 39.1 Å². The summed E-state index contributed by atoms with van der Waals surface area (Å²) in [7, 11) is 2.04. The first kappa shape index (κ1) is 16.2. The van der Waals surface area contributed by atoms with E-state index < -0.39 is 0 Å². The molecule has 1 aromatic heterocycles. The van der Waals surface area contributed by atoms with Gasteiger partial charge in [0.1, 0.15) is 0 Å². The van der Waals surface area contributed by atoms with Gasteiger partial charge >= 0.3 is 0 Å². The zero-order valence-electron chi connectivity index (χ0n) is 14.2. The summed E-state index contributed by atoms with van der Waals surface area (Å²) in [5.41, 5.74) is 4.02. The number of aryl methyl sites for hydroxylation is 1. The standard InChI is InChI=1S/C19H27N3O/c1-15(16-8-4-3-5-9-16)23-13-7-12-20-18-10-6-11-19-17(18)14-21-22(19)2/h3-5,8-9,14-15,18,20H,6-7,10-13H2,1-2H3/t15-,18-/m0/s1. The molecular formula is C19H27N3O. The van der Waals surface area contributed by atoms with Gasteiger partial charge in [0.15, 0.2) is 0 Å². The van der Waals surface area contributed by atoms with Crippen LogP contribution in [0, 0.1) is 0 Å². The van der Waals surface area contributed by atoms with Crippen LogP contribution < -0.4 is 5.32 Å². The van der Waals surface area contributed by atoms with Crippen LogP contribution in [0.2, 0.25) is 0 Å². The molecule has 0 aliphatic heterocycles. The van der Waals surface area contributed by atoms with Crippen molar-refractivity contribution in [3.63, 3.8) is 0 Å². The molecular weight excluding hydrogens is 286 g/mol. The summed E-state index contributed by atoms with van der Waals surface area (Å²) < 4.78 is 7.96. The molecule has 1 N–H and O–H groups in total. The summed E-state index contributed by atoms with van der Waals surface area (Å²) in [4.78, 5) is 0. The number of hydrogen-bond donors (Lipinski definition) is 1. The molecule has 4 nitrogen and oxygen atoms in total. The number of benzene rings is 1. The van der Waals surface area contributed by atoms with Gasteiger partial charge in [-0.25, -0.2) is 0 Å². The van der Waals surface area contributed by atoms with Crippen LogP contribution in [0.15, 0.2) is 36.5 Å². The van der Waals surface area contributed by atoms with E-state index in [4.69, 9.17) is 4.74 Å². The molecule has 0 radical (unpaired) electrons. The first-order chi connectivity index (χ1) is 11.3. The molecule has 0 unspecified atom stereocenters. The third kappa shape index (κ3) is 4.01. The maximum absolute atomic E-state index is 5.93. The van der Waals surface area contributed by atoms with Gasteiger partial charge in [0, 0.05) is 31.0 Å². The van der Waals surface area contributed by atoms with E-state index in [1.165, 1.54) is 29.7 Å². The highest BCUT2D eigenvalue weighted by Crippen LogP contribution is 2.28. The number of nitrogens with one attached hydrogen (secondary N) is 1. The molecule has 0 fully saturated rings. The number of rotatable bonds is 7. The molecule has 4 heteroatoms. The van der Waals surface area contributed by atoms with Crippen molar-refractivity contribution in [2.24, 2.45) is 7.05 Å². The van der Waals surface area contributed by atoms with Gasteiger partial charge in [-0.1, -0.05) is 30.3 Å². The molecule has 1 heterocycles. The van der Waals surface area contributed by atoms with E-state index >= 15 is 0 Å². The van der Waals surface area contributed by atoms with Crippen molar-refractivity contribution in [2.75, 3.05) is 13.2 Å². The molecule has 0 saturated carbocycles. The normalized spacial score (nSPS) is 18.6. The minimum atomic E-state index is 0.163. The highest BCUT2D eigenvalue weighted by molar-refractivity contribution is 5.24. The lowest BCUT2D eigenvalue weighted by molar-refractivity contribution is 0.0636. The average Bonchev–Trinajstić information content (AvgIpc) is 2.97. The van der Waals surface area contributed by atoms with Gasteiger partial charge in [0.05, 0.1) is 12.3 Å². The second-order valence-electron chi connectivity index (χ2n) is 6.35. The Morgan fingerprint density at radius 3 is 3.00 bits per heavy atom. The van der Waals surface area contributed by atoms with Crippen molar-refractivity contribution in [3.05, 3.63) is 53.3 Å². The van der Waals surface area contributed by atoms with Gasteiger partial charge in [0.25, 0.3) is 0 Å². The highest BCUT2D eigenvalue weighted by Gasteiger charge is 2.22. The van der Waals surface area contributed by atoms with Crippen LogP contribution in [0.1, 0.15) is 55.2 Å². The van der Waals surface area contributed by atoms with Crippen LogP contribution in [0.4, 0.5) is 0 Å². The zero-order valence-corrected chi connectivity index (χ0v) is 14.2. The Labute approximate surface area is 138 Å². The Morgan fingerprint density at radius 2 is 2.17 bits per heavy atom. The minimum absolute atomic E-state index is 0.163. The van der Waals surface area contributed by atoms with E-state index in [2.05, 4.69) is 41.6 Å². The lowest BCUT2D eigenvalue weighted by Crippen LogP contribution is -2.26. The molecule has 3 rings (SSSR count). The molecule has 1 aliphatic rings. The van der Waals surface area contributed by atoms with Crippen molar-refractivity contribution < 1.29 is 4.74 Å². The minimum Gasteiger partial charge on any atom is -0.374 e. The van der Waals surface area contributed by atoms with E-state index in [0.717, 1.165) is 26.0 Å². The summed E-state index contributed by atoms with van der Waals surface area (Å²) >= 11 is 0. The SMILES string of the molecule is C[C@H](OCCCN[C@H]1CCCc2c1cnn2C)c1ccccc1. The van der Waals surface area contributed by atoms with E-state index in [9.17, 15) is 0 Å². The monoisotopic (exact) mass is 313 g/mol. The van der Waals surface area contributed by atoms with Crippen molar-refractivity contribution in [3.8, 4) is 0 Å². The third-order valence-corrected chi connectivity index (χ3v) is 4.72. The Morgan fingerprint density at radius 1 is 1.35 bits per heavy atom. The first-order valence-corrected chi connectivity index (χ1v) is 8.66. The summed E-state index contributed by atoms with van der Waals surface area (Å²) in [6, 6.07) is 10.9. The van der Waals surface area contributed by atoms with Crippen molar-refractivity contribution in [1.29, 1.82) is 0 Å². The summed E-state index contributed by atoms with van der Waals surface area (Å²) in [5.74, 6) is 0. The maximum Gasteiger partial charge on any atom is 0.0796 e. The zero-order chi connectivity index (χ0) is 16.1. The number of nitrogens with zero attached hydrogens (tertiary/aromatic N) is 2. The third-order valence-electron chi connectivity index (χ3n) is 4.72. The first-order valence-electron chi connectivity index (χ1n) is 8.66. The maximum atomic E-state index is 5.93. The molecule has 23 heavy (non-hydrogen) atoms. The molecule has 1 aromatic carbocycles. The van der Waals surface area contributed by atoms with Gasteiger partial charge < -0.3 is 10.1 Å². The van der Waals surface area contributed by atoms with E-state index in [0.29, 0.717) is 6.04 Å². The Balaban J connectivity index is 1.39. The number of hydrogen-bond acceptors (Lipinski definition) is 3. The van der Waals surface area contributed by atoms with E-state index in [1.807, 2.05) is 24.0 Å². The Hall–Kier alpha value is -1.65. The van der Waals surface area contributed by atoms with Crippen LogP contribution in [0.5, 0.6) is 0 Å². The van der Waals surface area contributed by atoms with Crippen LogP contribution >= 0.6 is 0 Å². The average molecular weight is 313 g/mol. The second-order valence-corrected chi connectivity index (χ2v) is 6.35. The molecule has 2 aromatic rings. The quantitative estimate of drug-likeness (QED) is 0.795. The lowest BCUT2D eigenvalue weighted by atomic mass is 9.93. The summed E-state index contributed by atoms with van der Waals surface area (Å²) in [5, 5.41) is 8.07. The van der Waals surface area contributed by atoms with Crippen LogP contribution in [-0.2, 0) is 18.2 Å². The summed E-state index contributed by atoms with van der Waals surface area (Å²) in [6.07, 6.45) is 6.83. The molecule has 0 amide bonds. The fraction of sp³-hybridized carbons (Fsp3) is 0.526. The molecule has 0 spiro atoms. The predicted molar refractivity (Wildman–Crippen MR) is 92.3 cm³/mol. The summed E-state index contributed by atoms with van der Waals surface area (Å²) in [6.45, 7) is 3.89. The predicted octanol–water partition coefficient (Wildman–Crippen LogP) is 3.56. The largest absolute Gasteiger partial charge is 0.374 e. The molecule has 0 bridgehead atoms. The van der Waals surface area contributed by atoms with Gasteiger partial charge in [-0.15, -0.1) is 0 Å². The van der Waals surface area contributed by atoms with Gasteiger partial charge in [-0.05, 0) is 44.7 Å². The lowest BCUT2D eigenvalue weighted by Gasteiger charge is -2.24. The number of ether oxygens (including phenoxy) is 1. The fourth-order valence-electron chi connectivity index (χ4n) is 3.35. The van der Waals surface area contributed by atoms with E-state index in [1.54, 1.807) is 0 Å². The van der Waals surface area contributed by atoms with Crippen molar-refractivity contribution in [2.45, 2.75) is 44.8 Å². The molecule has 2 atom stereocenters. The van der Waals surface area contributed by atoms with Crippen LogP contribution in [-0.4, -0.2) is 22.9 Å². The van der Waals surface area contributed by atoms with Crippen LogP contribution in [0.3, 0.4) is 0 Å². The second kappa shape index (κ2) is 7.75. The van der Waals surface area contributed by atoms with Gasteiger partial charge in [-0.3, -0.25) is 4.68 Å². The van der Waals surface area contributed by atoms with Gasteiger partial charge in [-0.2, -0.15) is 5.10 Å². The fourth-order valence-corrected chi connectivity index (χ4v) is 3.35. The smallest absolute Gasteiger partial charge is 0.0796 e.